The Morgan fingerprint density at radius 1 is 1.18 bits per heavy atom. The molecule has 1 atom stereocenters. The van der Waals surface area contributed by atoms with Gasteiger partial charge in [0.05, 0.1) is 12.7 Å². The van der Waals surface area contributed by atoms with Crippen molar-refractivity contribution in [2.24, 2.45) is 0 Å². The maximum atomic E-state index is 14.2. The van der Waals surface area contributed by atoms with Crippen molar-refractivity contribution in [2.75, 3.05) is 32.9 Å². The Bertz CT molecular complexity index is 418. The molecule has 0 bridgehead atoms. The number of hydrogen-bond acceptors (Lipinski definition) is 4. The summed E-state index contributed by atoms with van der Waals surface area (Å²) in [5.74, 6) is 0.320. The highest BCUT2D eigenvalue weighted by molar-refractivity contribution is 5.46. The SMILES string of the molecule is Fc1c(C2CNCCO2)ccc2c1OCCO2. The minimum Gasteiger partial charge on any atom is -0.486 e. The second-order valence-corrected chi connectivity index (χ2v) is 4.06. The molecule has 1 aromatic carbocycles. The van der Waals surface area contributed by atoms with E-state index in [1.54, 1.807) is 12.1 Å². The summed E-state index contributed by atoms with van der Waals surface area (Å²) in [6.07, 6.45) is -0.250. The zero-order valence-electron chi connectivity index (χ0n) is 9.37. The summed E-state index contributed by atoms with van der Waals surface area (Å²) in [7, 11) is 0. The van der Waals surface area contributed by atoms with Crippen LogP contribution in [0.3, 0.4) is 0 Å². The molecule has 17 heavy (non-hydrogen) atoms. The fraction of sp³-hybridized carbons (Fsp3) is 0.500. The number of nitrogens with one attached hydrogen (secondary N) is 1. The first kappa shape index (κ1) is 10.8. The maximum Gasteiger partial charge on any atom is 0.197 e. The molecule has 1 unspecified atom stereocenters. The fourth-order valence-corrected chi connectivity index (χ4v) is 2.11. The molecular weight excluding hydrogens is 225 g/mol. The van der Waals surface area contributed by atoms with Gasteiger partial charge in [0.15, 0.2) is 17.3 Å². The molecule has 5 heteroatoms. The summed E-state index contributed by atoms with van der Waals surface area (Å²) in [5.41, 5.74) is 0.529. The number of rotatable bonds is 1. The maximum absolute atomic E-state index is 14.2. The highest BCUT2D eigenvalue weighted by atomic mass is 19.1. The monoisotopic (exact) mass is 239 g/mol. The molecule has 0 spiro atoms. The van der Waals surface area contributed by atoms with E-state index in [4.69, 9.17) is 14.2 Å². The average molecular weight is 239 g/mol. The predicted molar refractivity (Wildman–Crippen MR) is 59.0 cm³/mol. The Kier molecular flexibility index (Phi) is 2.86. The van der Waals surface area contributed by atoms with Crippen molar-refractivity contribution in [2.45, 2.75) is 6.10 Å². The quantitative estimate of drug-likeness (QED) is 0.801. The molecule has 0 saturated carbocycles. The molecule has 0 amide bonds. The first-order valence-corrected chi connectivity index (χ1v) is 5.76. The standard InChI is InChI=1S/C12H14FNO3/c13-11-8(10-7-14-3-4-15-10)1-2-9-12(11)17-6-5-16-9/h1-2,10,14H,3-7H2. The third-order valence-corrected chi connectivity index (χ3v) is 2.95. The minimum absolute atomic E-state index is 0.211. The lowest BCUT2D eigenvalue weighted by Crippen LogP contribution is -2.34. The number of hydrogen-bond donors (Lipinski definition) is 1. The molecular formula is C12H14FNO3. The Morgan fingerprint density at radius 2 is 2.06 bits per heavy atom. The zero-order chi connectivity index (χ0) is 11.7. The molecule has 2 heterocycles. The summed E-state index contributed by atoms with van der Waals surface area (Å²) >= 11 is 0. The van der Waals surface area contributed by atoms with Gasteiger partial charge in [0.2, 0.25) is 0 Å². The van der Waals surface area contributed by atoms with Gasteiger partial charge in [0.25, 0.3) is 0 Å². The molecule has 1 aromatic rings. The highest BCUT2D eigenvalue weighted by Crippen LogP contribution is 2.37. The first-order chi connectivity index (χ1) is 8.36. The lowest BCUT2D eigenvalue weighted by atomic mass is 10.1. The van der Waals surface area contributed by atoms with Gasteiger partial charge in [-0.2, -0.15) is 0 Å². The second kappa shape index (κ2) is 4.50. The van der Waals surface area contributed by atoms with Crippen LogP contribution >= 0.6 is 0 Å². The van der Waals surface area contributed by atoms with Crippen molar-refractivity contribution >= 4 is 0 Å². The van der Waals surface area contributed by atoms with Gasteiger partial charge in [-0.1, -0.05) is 0 Å². The van der Waals surface area contributed by atoms with E-state index in [0.29, 0.717) is 37.7 Å². The van der Waals surface area contributed by atoms with E-state index in [1.165, 1.54) is 0 Å². The van der Waals surface area contributed by atoms with Crippen LogP contribution in [-0.4, -0.2) is 32.9 Å². The van der Waals surface area contributed by atoms with E-state index in [9.17, 15) is 4.39 Å². The molecule has 92 valence electrons. The molecule has 2 aliphatic rings. The smallest absolute Gasteiger partial charge is 0.197 e. The van der Waals surface area contributed by atoms with E-state index in [-0.39, 0.29) is 17.7 Å². The van der Waals surface area contributed by atoms with Crippen molar-refractivity contribution in [3.05, 3.63) is 23.5 Å². The Morgan fingerprint density at radius 3 is 2.88 bits per heavy atom. The van der Waals surface area contributed by atoms with E-state index in [0.717, 1.165) is 6.54 Å². The fourth-order valence-electron chi connectivity index (χ4n) is 2.11. The Labute approximate surface area is 98.7 Å². The third-order valence-electron chi connectivity index (χ3n) is 2.95. The summed E-state index contributed by atoms with van der Waals surface area (Å²) in [5, 5.41) is 3.18. The number of halogens is 1. The molecule has 0 aliphatic carbocycles. The minimum atomic E-state index is -0.365. The largest absolute Gasteiger partial charge is 0.486 e. The average Bonchev–Trinajstić information content (AvgIpc) is 2.40. The molecule has 0 aromatic heterocycles. The van der Waals surface area contributed by atoms with Crippen LogP contribution in [0, 0.1) is 5.82 Å². The van der Waals surface area contributed by atoms with Gasteiger partial charge in [0.1, 0.15) is 13.2 Å². The number of morpholine rings is 1. The van der Waals surface area contributed by atoms with Gasteiger partial charge in [-0.25, -0.2) is 4.39 Å². The van der Waals surface area contributed by atoms with Crippen LogP contribution in [0.1, 0.15) is 11.7 Å². The predicted octanol–water partition coefficient (Wildman–Crippen LogP) is 1.26. The van der Waals surface area contributed by atoms with Crippen LogP contribution < -0.4 is 14.8 Å². The summed E-state index contributed by atoms with van der Waals surface area (Å²) in [6, 6.07) is 3.45. The lowest BCUT2D eigenvalue weighted by molar-refractivity contribution is 0.0248. The van der Waals surface area contributed by atoms with E-state index < -0.39 is 0 Å². The van der Waals surface area contributed by atoms with Crippen molar-refractivity contribution in [1.29, 1.82) is 0 Å². The lowest BCUT2D eigenvalue weighted by Gasteiger charge is -2.26. The normalized spacial score (nSPS) is 23.5. The highest BCUT2D eigenvalue weighted by Gasteiger charge is 2.25. The van der Waals surface area contributed by atoms with Crippen LogP contribution in [-0.2, 0) is 4.74 Å². The van der Waals surface area contributed by atoms with E-state index in [2.05, 4.69) is 5.32 Å². The molecule has 0 radical (unpaired) electrons. The van der Waals surface area contributed by atoms with Crippen molar-refractivity contribution in [1.82, 2.24) is 5.32 Å². The molecule has 4 nitrogen and oxygen atoms in total. The Hall–Kier alpha value is -1.33. The van der Waals surface area contributed by atoms with Gasteiger partial charge in [0, 0.05) is 18.7 Å². The molecule has 3 rings (SSSR count). The Balaban J connectivity index is 1.94. The molecule has 1 saturated heterocycles. The topological polar surface area (TPSA) is 39.7 Å². The van der Waals surface area contributed by atoms with Crippen LogP contribution in [0.5, 0.6) is 11.5 Å². The first-order valence-electron chi connectivity index (χ1n) is 5.76. The van der Waals surface area contributed by atoms with Gasteiger partial charge < -0.3 is 19.5 Å². The van der Waals surface area contributed by atoms with Crippen LogP contribution in [0.2, 0.25) is 0 Å². The summed E-state index contributed by atoms with van der Waals surface area (Å²) < 4.78 is 30.4. The summed E-state index contributed by atoms with van der Waals surface area (Å²) in [4.78, 5) is 0. The van der Waals surface area contributed by atoms with E-state index >= 15 is 0 Å². The number of ether oxygens (including phenoxy) is 3. The zero-order valence-corrected chi connectivity index (χ0v) is 9.37. The van der Waals surface area contributed by atoms with E-state index in [1.807, 2.05) is 0 Å². The van der Waals surface area contributed by atoms with Crippen molar-refractivity contribution < 1.29 is 18.6 Å². The van der Waals surface area contributed by atoms with Crippen LogP contribution in [0.15, 0.2) is 12.1 Å². The van der Waals surface area contributed by atoms with Gasteiger partial charge in [-0.15, -0.1) is 0 Å². The van der Waals surface area contributed by atoms with Crippen molar-refractivity contribution in [3.8, 4) is 11.5 Å². The van der Waals surface area contributed by atoms with Gasteiger partial charge >= 0.3 is 0 Å². The molecule has 2 aliphatic heterocycles. The van der Waals surface area contributed by atoms with Crippen molar-refractivity contribution in [3.63, 3.8) is 0 Å². The van der Waals surface area contributed by atoms with Crippen LogP contribution in [0.4, 0.5) is 4.39 Å². The molecule has 1 N–H and O–H groups in total. The molecule has 1 fully saturated rings. The van der Waals surface area contributed by atoms with Gasteiger partial charge in [-0.05, 0) is 12.1 Å². The number of fused-ring (bicyclic) bond motifs is 1. The van der Waals surface area contributed by atoms with Gasteiger partial charge in [-0.3, -0.25) is 0 Å². The summed E-state index contributed by atoms with van der Waals surface area (Å²) in [6.45, 7) is 2.88. The van der Waals surface area contributed by atoms with Crippen LogP contribution in [0.25, 0.3) is 0 Å². The number of benzene rings is 1. The second-order valence-electron chi connectivity index (χ2n) is 4.06. The third kappa shape index (κ3) is 1.96.